The van der Waals surface area contributed by atoms with E-state index in [0.717, 1.165) is 0 Å². The van der Waals surface area contributed by atoms with Crippen molar-refractivity contribution >= 4 is 39.0 Å². The summed E-state index contributed by atoms with van der Waals surface area (Å²) >= 11 is 6.68. The van der Waals surface area contributed by atoms with E-state index in [1.165, 1.54) is 4.47 Å². The highest BCUT2D eigenvalue weighted by Gasteiger charge is 1.77. The lowest BCUT2D eigenvalue weighted by Crippen LogP contribution is -1.39. The first kappa shape index (κ1) is 13.0. The Balaban J connectivity index is 0.000000223. The van der Waals surface area contributed by atoms with Crippen molar-refractivity contribution in [2.75, 3.05) is 0 Å². The minimum atomic E-state index is 1.17. The molecular weight excluding hydrogens is 264 g/mol. The maximum absolute atomic E-state index is 3.29. The molecule has 0 nitrogen and oxygen atoms in total. The van der Waals surface area contributed by atoms with E-state index in [1.807, 2.05) is 53.6 Å². The van der Waals surface area contributed by atoms with Gasteiger partial charge in [0.2, 0.25) is 0 Å². The second-order valence-corrected chi connectivity index (χ2v) is 4.53. The maximum Gasteiger partial charge on any atom is 0.0282 e. The summed E-state index contributed by atoms with van der Waals surface area (Å²) in [6.45, 7) is 4.02. The van der Waals surface area contributed by atoms with Gasteiger partial charge in [-0.1, -0.05) is 12.2 Å². The largest absolute Gasteiger partial charge is 0.151 e. The fourth-order valence-electron chi connectivity index (χ4n) is 0.450. The smallest absolute Gasteiger partial charge is 0.0282 e. The van der Waals surface area contributed by atoms with Gasteiger partial charge in [-0.05, 0) is 52.0 Å². The Labute approximate surface area is 96.9 Å². The molecule has 3 heteroatoms. The second kappa shape index (κ2) is 10.1. The van der Waals surface area contributed by atoms with Gasteiger partial charge in [0, 0.05) is 9.85 Å². The van der Waals surface area contributed by atoms with Crippen LogP contribution in [0.15, 0.2) is 44.3 Å². The second-order valence-electron chi connectivity index (χ2n) is 2.02. The van der Waals surface area contributed by atoms with Gasteiger partial charge in [-0.2, -0.15) is 11.3 Å². The lowest BCUT2D eigenvalue weighted by molar-refractivity contribution is 1.78. The molecule has 1 aromatic heterocycles. The van der Waals surface area contributed by atoms with Crippen molar-refractivity contribution < 1.29 is 0 Å². The monoisotopic (exact) mass is 276 g/mol. The molecule has 72 valence electrons. The van der Waals surface area contributed by atoms with Crippen molar-refractivity contribution in [1.82, 2.24) is 0 Å². The predicted octanol–water partition coefficient (Wildman–Crippen LogP) is 5.30. The van der Waals surface area contributed by atoms with Crippen molar-refractivity contribution in [2.45, 2.75) is 13.8 Å². The van der Waals surface area contributed by atoms with E-state index in [-0.39, 0.29) is 0 Å². The van der Waals surface area contributed by atoms with Gasteiger partial charge in [-0.15, -0.1) is 11.8 Å². The van der Waals surface area contributed by atoms with Crippen LogP contribution in [0, 0.1) is 0 Å². The van der Waals surface area contributed by atoms with Crippen molar-refractivity contribution in [3.05, 3.63) is 44.3 Å². The fourth-order valence-corrected chi connectivity index (χ4v) is 2.00. The van der Waals surface area contributed by atoms with Gasteiger partial charge in [0.1, 0.15) is 0 Å². The van der Waals surface area contributed by atoms with E-state index in [4.69, 9.17) is 0 Å². The zero-order valence-electron chi connectivity index (χ0n) is 7.74. The number of hydrogen-bond donors (Lipinski definition) is 0. The summed E-state index contributed by atoms with van der Waals surface area (Å²) in [5.41, 5.74) is 0. The summed E-state index contributed by atoms with van der Waals surface area (Å²) in [5.74, 6) is 0. The average molecular weight is 277 g/mol. The van der Waals surface area contributed by atoms with Crippen LogP contribution in [0.5, 0.6) is 0 Å². The fraction of sp³-hybridized carbons (Fsp3) is 0.200. The molecule has 0 spiro atoms. The zero-order valence-corrected chi connectivity index (χ0v) is 11.0. The zero-order chi connectivity index (χ0) is 9.94. The summed E-state index contributed by atoms with van der Waals surface area (Å²) in [7, 11) is 0. The van der Waals surface area contributed by atoms with E-state index in [9.17, 15) is 0 Å². The lowest BCUT2D eigenvalue weighted by atomic mass is 10.7. The summed E-state index contributed by atoms with van der Waals surface area (Å²) < 4.78 is 1.17. The van der Waals surface area contributed by atoms with Crippen LogP contribution in [-0.4, -0.2) is 0 Å². The lowest BCUT2D eigenvalue weighted by Gasteiger charge is -1.73. The third kappa shape index (κ3) is 9.93. The van der Waals surface area contributed by atoms with Crippen molar-refractivity contribution in [2.24, 2.45) is 0 Å². The molecular formula is C10H13BrS2. The minimum absolute atomic E-state index is 1.17. The molecule has 1 aromatic rings. The van der Waals surface area contributed by atoms with Crippen LogP contribution in [0.25, 0.3) is 0 Å². The Kier molecular flexibility index (Phi) is 10.1. The first-order valence-electron chi connectivity index (χ1n) is 3.86. The highest BCUT2D eigenvalue weighted by molar-refractivity contribution is 9.10. The predicted molar refractivity (Wildman–Crippen MR) is 69.2 cm³/mol. The van der Waals surface area contributed by atoms with Crippen LogP contribution in [0.4, 0.5) is 0 Å². The van der Waals surface area contributed by atoms with Gasteiger partial charge < -0.3 is 0 Å². The molecule has 0 aliphatic rings. The third-order valence-electron chi connectivity index (χ3n) is 0.916. The Morgan fingerprint density at radius 1 is 1.31 bits per heavy atom. The van der Waals surface area contributed by atoms with Gasteiger partial charge in [0.15, 0.2) is 0 Å². The van der Waals surface area contributed by atoms with Gasteiger partial charge >= 0.3 is 0 Å². The molecule has 0 unspecified atom stereocenters. The van der Waals surface area contributed by atoms with Gasteiger partial charge in [0.25, 0.3) is 0 Å². The first-order valence-corrected chi connectivity index (χ1v) is 6.54. The van der Waals surface area contributed by atoms with Gasteiger partial charge in [-0.3, -0.25) is 0 Å². The number of hydrogen-bond acceptors (Lipinski definition) is 2. The molecule has 0 bridgehead atoms. The van der Waals surface area contributed by atoms with Crippen molar-refractivity contribution in [1.29, 1.82) is 0 Å². The molecule has 0 atom stereocenters. The summed E-state index contributed by atoms with van der Waals surface area (Å²) in [6.07, 6.45) is 4.04. The van der Waals surface area contributed by atoms with Crippen molar-refractivity contribution in [3.8, 4) is 0 Å². The van der Waals surface area contributed by atoms with E-state index in [2.05, 4.69) is 15.9 Å². The summed E-state index contributed by atoms with van der Waals surface area (Å²) in [5, 5.41) is 8.16. The van der Waals surface area contributed by atoms with Crippen LogP contribution in [0.2, 0.25) is 0 Å². The molecule has 0 aliphatic carbocycles. The number of halogens is 1. The molecule has 0 aromatic carbocycles. The van der Waals surface area contributed by atoms with Crippen LogP contribution in [0.3, 0.4) is 0 Å². The number of allylic oxidation sites excluding steroid dienone is 2. The quantitative estimate of drug-likeness (QED) is 0.707. The molecule has 13 heavy (non-hydrogen) atoms. The van der Waals surface area contributed by atoms with E-state index in [1.54, 1.807) is 23.1 Å². The SMILES string of the molecule is Brc1ccsc1.CC=CSC=CC. The molecule has 0 N–H and O–H groups in total. The molecule has 0 aliphatic heterocycles. The van der Waals surface area contributed by atoms with Crippen LogP contribution < -0.4 is 0 Å². The Hall–Kier alpha value is 0.01000. The summed E-state index contributed by atoms with van der Waals surface area (Å²) in [4.78, 5) is 0. The highest BCUT2D eigenvalue weighted by atomic mass is 79.9. The normalized spacial score (nSPS) is 10.4. The Bertz CT molecular complexity index is 227. The molecule has 0 saturated heterocycles. The number of thioether (sulfide) groups is 1. The van der Waals surface area contributed by atoms with E-state index >= 15 is 0 Å². The summed E-state index contributed by atoms with van der Waals surface area (Å²) in [6, 6.07) is 2.02. The van der Waals surface area contributed by atoms with Crippen LogP contribution in [-0.2, 0) is 0 Å². The van der Waals surface area contributed by atoms with Crippen molar-refractivity contribution in [3.63, 3.8) is 0 Å². The molecule has 0 amide bonds. The molecule has 1 rings (SSSR count). The topological polar surface area (TPSA) is 0 Å². The van der Waals surface area contributed by atoms with Gasteiger partial charge in [0.05, 0.1) is 0 Å². The van der Waals surface area contributed by atoms with Crippen LogP contribution >= 0.6 is 39.0 Å². The molecule has 1 heterocycles. The standard InChI is InChI=1S/C6H10S.C4H3BrS/c1-3-5-7-6-4-2;5-4-1-2-6-3-4/h3-6H,1-2H3;1-3H. The maximum atomic E-state index is 3.29. The minimum Gasteiger partial charge on any atom is -0.151 e. The van der Waals surface area contributed by atoms with E-state index in [0.29, 0.717) is 0 Å². The molecule has 0 radical (unpaired) electrons. The average Bonchev–Trinajstić information content (AvgIpc) is 2.58. The Morgan fingerprint density at radius 3 is 2.15 bits per heavy atom. The third-order valence-corrected chi connectivity index (χ3v) is 3.25. The highest BCUT2D eigenvalue weighted by Crippen LogP contribution is 2.11. The molecule has 0 fully saturated rings. The number of rotatable bonds is 2. The first-order chi connectivity index (χ1) is 6.31. The molecule has 0 saturated carbocycles. The van der Waals surface area contributed by atoms with E-state index < -0.39 is 0 Å². The van der Waals surface area contributed by atoms with Crippen LogP contribution in [0.1, 0.15) is 13.8 Å². The van der Waals surface area contributed by atoms with Gasteiger partial charge in [-0.25, -0.2) is 0 Å². The Morgan fingerprint density at radius 2 is 1.92 bits per heavy atom. The number of thiophene rings is 1.